The van der Waals surface area contributed by atoms with Crippen molar-refractivity contribution < 1.29 is 33.0 Å². The molecule has 0 spiro atoms. The SMILES string of the molecule is CCN(CC(F)(F)F)C(=O)NC(C(=O)O)C(C)O. The summed E-state index contributed by atoms with van der Waals surface area (Å²) in [5.74, 6) is -1.53. The van der Waals surface area contributed by atoms with Gasteiger partial charge in [0.2, 0.25) is 0 Å². The van der Waals surface area contributed by atoms with E-state index in [9.17, 15) is 22.8 Å². The van der Waals surface area contributed by atoms with E-state index in [4.69, 9.17) is 10.2 Å². The van der Waals surface area contributed by atoms with Crippen LogP contribution in [0.2, 0.25) is 0 Å². The number of hydrogen-bond acceptors (Lipinski definition) is 3. The van der Waals surface area contributed by atoms with Crippen LogP contribution in [0, 0.1) is 0 Å². The lowest BCUT2D eigenvalue weighted by molar-refractivity contribution is -0.142. The summed E-state index contributed by atoms with van der Waals surface area (Å²) in [5.41, 5.74) is 0. The first kappa shape index (κ1) is 16.5. The second-order valence-electron chi connectivity index (χ2n) is 3.64. The molecule has 0 aromatic heterocycles. The average Bonchev–Trinajstić information content (AvgIpc) is 2.19. The molecule has 0 saturated heterocycles. The lowest BCUT2D eigenvalue weighted by Crippen LogP contribution is -2.53. The number of aliphatic hydroxyl groups is 1. The first-order valence-corrected chi connectivity index (χ1v) is 5.11. The van der Waals surface area contributed by atoms with Crippen molar-refractivity contribution in [3.05, 3.63) is 0 Å². The molecule has 6 nitrogen and oxygen atoms in total. The minimum atomic E-state index is -4.57. The number of nitrogens with zero attached hydrogens (tertiary/aromatic N) is 1. The summed E-state index contributed by atoms with van der Waals surface area (Å²) in [5, 5.41) is 19.6. The zero-order chi connectivity index (χ0) is 14.5. The number of nitrogens with one attached hydrogen (secondary N) is 1. The molecular weight excluding hydrogens is 257 g/mol. The highest BCUT2D eigenvalue weighted by atomic mass is 19.4. The molecule has 0 saturated carbocycles. The Morgan fingerprint density at radius 1 is 1.39 bits per heavy atom. The standard InChI is InChI=1S/C9H15F3N2O4/c1-3-14(4-9(10,11)12)8(18)13-6(5(2)15)7(16)17/h5-6,15H,3-4H2,1-2H3,(H,13,18)(H,16,17). The van der Waals surface area contributed by atoms with Gasteiger partial charge in [-0.05, 0) is 13.8 Å². The van der Waals surface area contributed by atoms with Gasteiger partial charge in [-0.1, -0.05) is 0 Å². The van der Waals surface area contributed by atoms with E-state index >= 15 is 0 Å². The van der Waals surface area contributed by atoms with Gasteiger partial charge in [0, 0.05) is 6.54 Å². The Hall–Kier alpha value is -1.51. The number of carbonyl (C=O) groups excluding carboxylic acids is 1. The highest BCUT2D eigenvalue weighted by Crippen LogP contribution is 2.16. The van der Waals surface area contributed by atoms with Crippen molar-refractivity contribution in [1.82, 2.24) is 10.2 Å². The minimum Gasteiger partial charge on any atom is -0.480 e. The van der Waals surface area contributed by atoms with Gasteiger partial charge in [-0.3, -0.25) is 0 Å². The Morgan fingerprint density at radius 3 is 2.17 bits per heavy atom. The van der Waals surface area contributed by atoms with Gasteiger partial charge >= 0.3 is 18.2 Å². The predicted molar refractivity (Wildman–Crippen MR) is 54.9 cm³/mol. The maximum absolute atomic E-state index is 12.1. The van der Waals surface area contributed by atoms with Crippen LogP contribution in [-0.2, 0) is 4.79 Å². The van der Waals surface area contributed by atoms with Gasteiger partial charge in [-0.2, -0.15) is 13.2 Å². The molecule has 0 aliphatic carbocycles. The summed E-state index contributed by atoms with van der Waals surface area (Å²) < 4.78 is 36.4. The van der Waals surface area contributed by atoms with Crippen molar-refractivity contribution in [3.8, 4) is 0 Å². The molecule has 0 aromatic carbocycles. The quantitative estimate of drug-likeness (QED) is 0.676. The largest absolute Gasteiger partial charge is 0.480 e. The number of alkyl halides is 3. The molecule has 0 aliphatic heterocycles. The highest BCUT2D eigenvalue weighted by molar-refractivity contribution is 5.83. The molecule has 106 valence electrons. The van der Waals surface area contributed by atoms with Crippen LogP contribution in [-0.4, -0.2) is 58.5 Å². The Labute approximate surface area is 101 Å². The monoisotopic (exact) mass is 272 g/mol. The number of carboxylic acid groups (broad SMARTS) is 1. The third-order valence-corrected chi connectivity index (χ3v) is 2.07. The molecule has 3 N–H and O–H groups in total. The second-order valence-corrected chi connectivity index (χ2v) is 3.64. The Morgan fingerprint density at radius 2 is 1.89 bits per heavy atom. The summed E-state index contributed by atoms with van der Waals surface area (Å²) in [7, 11) is 0. The van der Waals surface area contributed by atoms with Crippen LogP contribution in [0.15, 0.2) is 0 Å². The number of urea groups is 1. The molecule has 0 rings (SSSR count). The maximum Gasteiger partial charge on any atom is 0.406 e. The van der Waals surface area contributed by atoms with E-state index in [-0.39, 0.29) is 6.54 Å². The van der Waals surface area contributed by atoms with E-state index in [0.717, 1.165) is 6.92 Å². The van der Waals surface area contributed by atoms with E-state index < -0.39 is 36.9 Å². The van der Waals surface area contributed by atoms with Crippen molar-refractivity contribution >= 4 is 12.0 Å². The van der Waals surface area contributed by atoms with Crippen molar-refractivity contribution in [2.24, 2.45) is 0 Å². The molecule has 18 heavy (non-hydrogen) atoms. The Bertz CT molecular complexity index is 307. The molecule has 2 amide bonds. The molecule has 0 fully saturated rings. The van der Waals surface area contributed by atoms with Crippen molar-refractivity contribution in [2.45, 2.75) is 32.2 Å². The fourth-order valence-corrected chi connectivity index (χ4v) is 1.16. The average molecular weight is 272 g/mol. The van der Waals surface area contributed by atoms with Crippen LogP contribution in [0.25, 0.3) is 0 Å². The number of carboxylic acids is 1. The normalized spacial score (nSPS) is 14.8. The summed E-state index contributed by atoms with van der Waals surface area (Å²) >= 11 is 0. The molecule has 0 aliphatic rings. The van der Waals surface area contributed by atoms with Gasteiger partial charge in [-0.15, -0.1) is 0 Å². The smallest absolute Gasteiger partial charge is 0.406 e. The number of aliphatic carboxylic acids is 1. The van der Waals surface area contributed by atoms with Gasteiger partial charge in [-0.25, -0.2) is 9.59 Å². The lowest BCUT2D eigenvalue weighted by atomic mass is 10.2. The van der Waals surface area contributed by atoms with Crippen LogP contribution in [0.1, 0.15) is 13.8 Å². The zero-order valence-corrected chi connectivity index (χ0v) is 9.86. The second kappa shape index (κ2) is 6.43. The third-order valence-electron chi connectivity index (χ3n) is 2.07. The van der Waals surface area contributed by atoms with Crippen LogP contribution in [0.5, 0.6) is 0 Å². The number of hydrogen-bond donors (Lipinski definition) is 3. The van der Waals surface area contributed by atoms with Gasteiger partial charge in [0.25, 0.3) is 0 Å². The summed E-state index contributed by atoms with van der Waals surface area (Å²) in [6.45, 7) is 0.710. The van der Waals surface area contributed by atoms with Crippen molar-refractivity contribution in [3.63, 3.8) is 0 Å². The summed E-state index contributed by atoms with van der Waals surface area (Å²) in [6.07, 6.45) is -5.99. The zero-order valence-electron chi connectivity index (χ0n) is 9.86. The Balaban J connectivity index is 4.65. The molecule has 0 aromatic rings. The van der Waals surface area contributed by atoms with Crippen LogP contribution in [0.4, 0.5) is 18.0 Å². The fraction of sp³-hybridized carbons (Fsp3) is 0.778. The Kier molecular flexibility index (Phi) is 5.89. The number of rotatable bonds is 5. The first-order chi connectivity index (χ1) is 8.08. The molecule has 2 unspecified atom stereocenters. The van der Waals surface area contributed by atoms with Gasteiger partial charge in [0.05, 0.1) is 6.10 Å². The van der Waals surface area contributed by atoms with Crippen molar-refractivity contribution in [2.75, 3.05) is 13.1 Å². The van der Waals surface area contributed by atoms with Crippen molar-refractivity contribution in [1.29, 1.82) is 0 Å². The third kappa shape index (κ3) is 5.71. The van der Waals surface area contributed by atoms with E-state index in [1.807, 2.05) is 5.32 Å². The number of amides is 2. The van der Waals surface area contributed by atoms with Crippen LogP contribution < -0.4 is 5.32 Å². The van der Waals surface area contributed by atoms with Gasteiger partial charge < -0.3 is 20.4 Å². The number of carbonyl (C=O) groups is 2. The molecule has 9 heteroatoms. The van der Waals surface area contributed by atoms with E-state index in [1.54, 1.807) is 0 Å². The molecule has 0 radical (unpaired) electrons. The summed E-state index contributed by atoms with van der Waals surface area (Å²) in [6, 6.07) is -2.84. The molecule has 0 bridgehead atoms. The molecule has 0 heterocycles. The van der Waals surface area contributed by atoms with Crippen LogP contribution in [0.3, 0.4) is 0 Å². The molecule has 2 atom stereocenters. The molecular formula is C9H15F3N2O4. The number of aliphatic hydroxyl groups excluding tert-OH is 1. The summed E-state index contributed by atoms with van der Waals surface area (Å²) in [4.78, 5) is 22.5. The fourth-order valence-electron chi connectivity index (χ4n) is 1.16. The van der Waals surface area contributed by atoms with E-state index in [0.29, 0.717) is 4.90 Å². The van der Waals surface area contributed by atoms with Crippen LogP contribution >= 0.6 is 0 Å². The van der Waals surface area contributed by atoms with Gasteiger partial charge in [0.15, 0.2) is 6.04 Å². The predicted octanol–water partition coefficient (Wildman–Crippen LogP) is 0.414. The van der Waals surface area contributed by atoms with E-state index in [1.165, 1.54) is 6.92 Å². The van der Waals surface area contributed by atoms with E-state index in [2.05, 4.69) is 0 Å². The minimum absolute atomic E-state index is 0.239. The topological polar surface area (TPSA) is 89.9 Å². The lowest BCUT2D eigenvalue weighted by Gasteiger charge is -2.25. The maximum atomic E-state index is 12.1. The first-order valence-electron chi connectivity index (χ1n) is 5.11. The number of halogens is 3. The highest BCUT2D eigenvalue weighted by Gasteiger charge is 2.34. The van der Waals surface area contributed by atoms with Gasteiger partial charge in [0.1, 0.15) is 6.54 Å².